The van der Waals surface area contributed by atoms with Gasteiger partial charge in [-0.25, -0.2) is 4.79 Å². The van der Waals surface area contributed by atoms with Crippen molar-refractivity contribution in [2.75, 3.05) is 26.2 Å². The predicted molar refractivity (Wildman–Crippen MR) is 115 cm³/mol. The Morgan fingerprint density at radius 2 is 2.04 bits per heavy atom. The first-order chi connectivity index (χ1) is 13.3. The third-order valence-corrected chi connectivity index (χ3v) is 4.68. The van der Waals surface area contributed by atoms with Gasteiger partial charge >= 0.3 is 6.09 Å². The average Bonchev–Trinajstić information content (AvgIpc) is 2.66. The van der Waals surface area contributed by atoms with Gasteiger partial charge in [-0.3, -0.25) is 4.99 Å². The van der Waals surface area contributed by atoms with Crippen LogP contribution in [0.1, 0.15) is 59.1 Å². The Morgan fingerprint density at radius 1 is 1.32 bits per heavy atom. The Kier molecular flexibility index (Phi) is 8.15. The molecule has 1 aromatic rings. The summed E-state index contributed by atoms with van der Waals surface area (Å²) >= 11 is 0. The normalized spacial score (nSPS) is 19.1. The molecule has 6 heteroatoms. The van der Waals surface area contributed by atoms with Gasteiger partial charge in [0.2, 0.25) is 0 Å². The summed E-state index contributed by atoms with van der Waals surface area (Å²) in [7, 11) is 0. The van der Waals surface area contributed by atoms with Crippen LogP contribution in [0.5, 0.6) is 0 Å². The van der Waals surface area contributed by atoms with Gasteiger partial charge in [0.1, 0.15) is 5.60 Å². The largest absolute Gasteiger partial charge is 0.444 e. The highest BCUT2D eigenvalue weighted by atomic mass is 16.6. The molecule has 1 fully saturated rings. The predicted octanol–water partition coefficient (Wildman–Crippen LogP) is 3.95. The lowest BCUT2D eigenvalue weighted by Crippen LogP contribution is -2.44. The molecule has 1 saturated heterocycles. The lowest BCUT2D eigenvalue weighted by molar-refractivity contribution is 0.0170. The summed E-state index contributed by atoms with van der Waals surface area (Å²) in [4.78, 5) is 19.0. The quantitative estimate of drug-likeness (QED) is 0.592. The molecule has 156 valence electrons. The van der Waals surface area contributed by atoms with Gasteiger partial charge < -0.3 is 20.3 Å². The summed E-state index contributed by atoms with van der Waals surface area (Å²) in [6.45, 7) is 12.9. The van der Waals surface area contributed by atoms with Crippen molar-refractivity contribution >= 4 is 12.1 Å². The van der Waals surface area contributed by atoms with Crippen LogP contribution < -0.4 is 10.6 Å². The summed E-state index contributed by atoms with van der Waals surface area (Å²) < 4.78 is 5.52. The minimum atomic E-state index is -0.460. The van der Waals surface area contributed by atoms with Crippen molar-refractivity contribution in [1.29, 1.82) is 0 Å². The number of aliphatic imine (C=N–C) groups is 1. The fourth-order valence-electron chi connectivity index (χ4n) is 3.28. The number of hydrogen-bond donors (Lipinski definition) is 2. The number of carbonyl (C=O) groups excluding carboxylic acids is 1. The third kappa shape index (κ3) is 7.41. The van der Waals surface area contributed by atoms with E-state index in [1.165, 1.54) is 5.56 Å². The van der Waals surface area contributed by atoms with Crippen LogP contribution in [-0.4, -0.2) is 48.7 Å². The Bertz CT molecular complexity index is 640. The number of carbonyl (C=O) groups is 1. The highest BCUT2D eigenvalue weighted by molar-refractivity contribution is 5.80. The van der Waals surface area contributed by atoms with Crippen LogP contribution in [-0.2, 0) is 4.74 Å². The van der Waals surface area contributed by atoms with Gasteiger partial charge in [0.25, 0.3) is 0 Å². The third-order valence-electron chi connectivity index (χ3n) is 4.68. The molecule has 0 bridgehead atoms. The van der Waals surface area contributed by atoms with Crippen molar-refractivity contribution in [1.82, 2.24) is 15.5 Å². The molecule has 0 spiro atoms. The Labute approximate surface area is 169 Å². The molecule has 1 aliphatic heterocycles. The Morgan fingerprint density at radius 3 is 2.68 bits per heavy atom. The number of nitrogens with zero attached hydrogens (tertiary/aromatic N) is 2. The van der Waals surface area contributed by atoms with Crippen molar-refractivity contribution in [3.8, 4) is 0 Å². The summed E-state index contributed by atoms with van der Waals surface area (Å²) in [6.07, 6.45) is 1.85. The molecule has 1 heterocycles. The number of ether oxygens (including phenoxy) is 1. The Hall–Kier alpha value is -2.24. The van der Waals surface area contributed by atoms with Crippen LogP contribution in [0.25, 0.3) is 0 Å². The molecule has 0 saturated carbocycles. The van der Waals surface area contributed by atoms with E-state index in [1.54, 1.807) is 0 Å². The molecule has 0 radical (unpaired) electrons. The van der Waals surface area contributed by atoms with E-state index in [0.29, 0.717) is 19.0 Å². The van der Waals surface area contributed by atoms with Crippen molar-refractivity contribution in [2.45, 2.75) is 59.1 Å². The van der Waals surface area contributed by atoms with Crippen molar-refractivity contribution in [3.05, 3.63) is 35.9 Å². The summed E-state index contributed by atoms with van der Waals surface area (Å²) in [5.74, 6) is 1.16. The number of nitrogens with one attached hydrogen (secondary N) is 2. The molecule has 1 aliphatic rings. The molecule has 2 atom stereocenters. The summed E-state index contributed by atoms with van der Waals surface area (Å²) in [5, 5.41) is 6.79. The SMILES string of the molecule is CCNC(=NCC1CCCN(C(=O)OC(C)(C)C)C1)NC(C)c1ccccc1. The van der Waals surface area contributed by atoms with Crippen LogP contribution in [0.4, 0.5) is 4.79 Å². The second-order valence-corrected chi connectivity index (χ2v) is 8.43. The first-order valence-electron chi connectivity index (χ1n) is 10.4. The van der Waals surface area contributed by atoms with Gasteiger partial charge in [-0.05, 0) is 58.9 Å². The van der Waals surface area contributed by atoms with E-state index < -0.39 is 5.60 Å². The van der Waals surface area contributed by atoms with Crippen molar-refractivity contribution in [2.24, 2.45) is 10.9 Å². The van der Waals surface area contributed by atoms with E-state index in [-0.39, 0.29) is 12.1 Å². The molecule has 2 N–H and O–H groups in total. The summed E-state index contributed by atoms with van der Waals surface area (Å²) in [6, 6.07) is 10.5. The van der Waals surface area contributed by atoms with Gasteiger partial charge in [-0.1, -0.05) is 30.3 Å². The van der Waals surface area contributed by atoms with Crippen LogP contribution in [0.15, 0.2) is 35.3 Å². The van der Waals surface area contributed by atoms with Crippen molar-refractivity contribution < 1.29 is 9.53 Å². The number of rotatable bonds is 5. The lowest BCUT2D eigenvalue weighted by atomic mass is 9.98. The number of guanidine groups is 1. The van der Waals surface area contributed by atoms with E-state index in [1.807, 2.05) is 43.9 Å². The first kappa shape index (κ1) is 22.1. The maximum atomic E-state index is 12.3. The molecular formula is C22H36N4O2. The van der Waals surface area contributed by atoms with Gasteiger partial charge in [0.15, 0.2) is 5.96 Å². The maximum Gasteiger partial charge on any atom is 0.410 e. The van der Waals surface area contributed by atoms with E-state index >= 15 is 0 Å². The van der Waals surface area contributed by atoms with Gasteiger partial charge in [0.05, 0.1) is 6.04 Å². The van der Waals surface area contributed by atoms with Crippen molar-refractivity contribution in [3.63, 3.8) is 0 Å². The van der Waals surface area contributed by atoms with Gasteiger partial charge in [0, 0.05) is 26.2 Å². The van der Waals surface area contributed by atoms with E-state index in [0.717, 1.165) is 31.9 Å². The number of hydrogen-bond acceptors (Lipinski definition) is 3. The average molecular weight is 389 g/mol. The number of piperidine rings is 1. The van der Waals surface area contributed by atoms with Crippen LogP contribution in [0.3, 0.4) is 0 Å². The van der Waals surface area contributed by atoms with Crippen LogP contribution >= 0.6 is 0 Å². The molecular weight excluding hydrogens is 352 g/mol. The van der Waals surface area contributed by atoms with Crippen LogP contribution in [0, 0.1) is 5.92 Å². The second-order valence-electron chi connectivity index (χ2n) is 8.43. The molecule has 6 nitrogen and oxygen atoms in total. The zero-order valence-electron chi connectivity index (χ0n) is 18.0. The van der Waals surface area contributed by atoms with Crippen LogP contribution in [0.2, 0.25) is 0 Å². The topological polar surface area (TPSA) is 66.0 Å². The minimum Gasteiger partial charge on any atom is -0.444 e. The fraction of sp³-hybridized carbons (Fsp3) is 0.636. The maximum absolute atomic E-state index is 12.3. The fourth-order valence-corrected chi connectivity index (χ4v) is 3.28. The smallest absolute Gasteiger partial charge is 0.410 e. The Balaban J connectivity index is 1.93. The first-order valence-corrected chi connectivity index (χ1v) is 10.4. The molecule has 2 rings (SSSR count). The van der Waals surface area contributed by atoms with E-state index in [4.69, 9.17) is 9.73 Å². The highest BCUT2D eigenvalue weighted by Crippen LogP contribution is 2.20. The monoisotopic (exact) mass is 388 g/mol. The molecule has 2 unspecified atom stereocenters. The zero-order chi connectivity index (χ0) is 20.6. The minimum absolute atomic E-state index is 0.170. The number of amides is 1. The molecule has 0 aliphatic carbocycles. The molecule has 0 aromatic heterocycles. The van der Waals surface area contributed by atoms with E-state index in [2.05, 4.69) is 36.6 Å². The van der Waals surface area contributed by atoms with Gasteiger partial charge in [-0.15, -0.1) is 0 Å². The van der Waals surface area contributed by atoms with E-state index in [9.17, 15) is 4.79 Å². The number of likely N-dealkylation sites (tertiary alicyclic amines) is 1. The zero-order valence-corrected chi connectivity index (χ0v) is 18.0. The number of benzene rings is 1. The lowest BCUT2D eigenvalue weighted by Gasteiger charge is -2.33. The molecule has 1 aromatic carbocycles. The highest BCUT2D eigenvalue weighted by Gasteiger charge is 2.27. The summed E-state index contributed by atoms with van der Waals surface area (Å²) in [5.41, 5.74) is 0.764. The molecule has 28 heavy (non-hydrogen) atoms. The van der Waals surface area contributed by atoms with Gasteiger partial charge in [-0.2, -0.15) is 0 Å². The second kappa shape index (κ2) is 10.3. The standard InChI is InChI=1S/C22H36N4O2/c1-6-23-20(25-17(2)19-12-8-7-9-13-19)24-15-18-11-10-14-26(16-18)21(27)28-22(3,4)5/h7-9,12-13,17-18H,6,10-11,14-16H2,1-5H3,(H2,23,24,25). The molecule has 1 amide bonds.